The van der Waals surface area contributed by atoms with Crippen molar-refractivity contribution in [3.05, 3.63) is 59.9 Å². The van der Waals surface area contributed by atoms with Crippen molar-refractivity contribution in [1.29, 1.82) is 0 Å². The molecule has 8 nitrogen and oxygen atoms in total. The molecule has 1 amide bonds. The largest absolute Gasteiger partial charge is 0.379 e. The van der Waals surface area contributed by atoms with Gasteiger partial charge in [0.1, 0.15) is 12.4 Å². The maximum Gasteiger partial charge on any atom is 0.248 e. The van der Waals surface area contributed by atoms with Crippen molar-refractivity contribution in [3.63, 3.8) is 0 Å². The second kappa shape index (κ2) is 8.89. The van der Waals surface area contributed by atoms with Crippen LogP contribution in [-0.2, 0) is 22.6 Å². The van der Waals surface area contributed by atoms with Crippen molar-refractivity contribution < 1.29 is 13.9 Å². The number of anilines is 1. The summed E-state index contributed by atoms with van der Waals surface area (Å²) in [7, 11) is 0. The zero-order valence-electron chi connectivity index (χ0n) is 15.8. The van der Waals surface area contributed by atoms with Gasteiger partial charge in [-0.25, -0.2) is 4.39 Å². The Morgan fingerprint density at radius 3 is 2.69 bits per heavy atom. The van der Waals surface area contributed by atoms with E-state index in [4.69, 9.17) is 4.74 Å². The third-order valence-corrected chi connectivity index (χ3v) is 4.57. The van der Waals surface area contributed by atoms with Crippen molar-refractivity contribution in [1.82, 2.24) is 25.1 Å². The molecule has 1 aliphatic rings. The van der Waals surface area contributed by atoms with Gasteiger partial charge in [-0.2, -0.15) is 4.80 Å². The molecular weight excluding hydrogens is 375 g/mol. The van der Waals surface area contributed by atoms with E-state index in [9.17, 15) is 9.18 Å². The summed E-state index contributed by atoms with van der Waals surface area (Å²) in [4.78, 5) is 15.8. The lowest BCUT2D eigenvalue weighted by atomic mass is 10.2. The maximum absolute atomic E-state index is 13.3. The maximum atomic E-state index is 13.3. The number of halogens is 1. The van der Waals surface area contributed by atoms with Gasteiger partial charge in [0.15, 0.2) is 0 Å². The first-order chi connectivity index (χ1) is 14.2. The van der Waals surface area contributed by atoms with Gasteiger partial charge in [-0.15, -0.1) is 10.2 Å². The minimum atomic E-state index is -0.381. The molecule has 1 N–H and O–H groups in total. The van der Waals surface area contributed by atoms with Gasteiger partial charge in [0.2, 0.25) is 11.7 Å². The molecule has 1 saturated heterocycles. The van der Waals surface area contributed by atoms with Crippen molar-refractivity contribution in [2.75, 3.05) is 31.6 Å². The van der Waals surface area contributed by atoms with Crippen molar-refractivity contribution in [3.8, 4) is 11.4 Å². The highest BCUT2D eigenvalue weighted by atomic mass is 19.1. The summed E-state index contributed by atoms with van der Waals surface area (Å²) in [5.74, 6) is -0.382. The first-order valence-electron chi connectivity index (χ1n) is 9.38. The number of aromatic nitrogens is 4. The van der Waals surface area contributed by atoms with E-state index >= 15 is 0 Å². The molecule has 2 heterocycles. The number of morpholine rings is 1. The van der Waals surface area contributed by atoms with E-state index in [2.05, 4.69) is 25.6 Å². The monoisotopic (exact) mass is 396 g/mol. The van der Waals surface area contributed by atoms with E-state index in [-0.39, 0.29) is 24.1 Å². The normalized spacial score (nSPS) is 14.7. The number of rotatable bonds is 6. The van der Waals surface area contributed by atoms with Gasteiger partial charge < -0.3 is 10.1 Å². The van der Waals surface area contributed by atoms with Gasteiger partial charge in [-0.1, -0.05) is 24.3 Å². The number of ether oxygens (including phenoxy) is 1. The number of carbonyl (C=O) groups is 1. The van der Waals surface area contributed by atoms with Gasteiger partial charge in [0.25, 0.3) is 0 Å². The summed E-state index contributed by atoms with van der Waals surface area (Å²) in [6, 6.07) is 13.7. The average molecular weight is 396 g/mol. The SMILES string of the molecule is O=C(Cn1nnc(-c2cccc(F)c2)n1)Nc1ccc(CN2CCOCC2)cc1. The third kappa shape index (κ3) is 5.21. The van der Waals surface area contributed by atoms with E-state index in [0.29, 0.717) is 11.3 Å². The Hall–Kier alpha value is -3.17. The Kier molecular flexibility index (Phi) is 5.87. The molecule has 0 spiro atoms. The highest BCUT2D eigenvalue weighted by molar-refractivity contribution is 5.90. The quantitative estimate of drug-likeness (QED) is 0.686. The summed E-state index contributed by atoms with van der Waals surface area (Å²) >= 11 is 0. The van der Waals surface area contributed by atoms with E-state index < -0.39 is 0 Å². The van der Waals surface area contributed by atoms with Gasteiger partial charge in [0, 0.05) is 30.9 Å². The fraction of sp³-hybridized carbons (Fsp3) is 0.300. The average Bonchev–Trinajstić information content (AvgIpc) is 3.19. The van der Waals surface area contributed by atoms with Crippen LogP contribution in [0.5, 0.6) is 0 Å². The predicted octanol–water partition coefficient (Wildman–Crippen LogP) is 1.95. The third-order valence-electron chi connectivity index (χ3n) is 4.57. The van der Waals surface area contributed by atoms with Crippen LogP contribution in [0, 0.1) is 5.82 Å². The molecule has 0 atom stereocenters. The molecule has 29 heavy (non-hydrogen) atoms. The lowest BCUT2D eigenvalue weighted by Crippen LogP contribution is -2.35. The zero-order valence-corrected chi connectivity index (χ0v) is 15.8. The minimum Gasteiger partial charge on any atom is -0.379 e. The molecule has 1 fully saturated rings. The topological polar surface area (TPSA) is 85.2 Å². The van der Waals surface area contributed by atoms with Crippen LogP contribution in [-0.4, -0.2) is 57.3 Å². The number of nitrogens with zero attached hydrogens (tertiary/aromatic N) is 5. The molecule has 0 aliphatic carbocycles. The van der Waals surface area contributed by atoms with Crippen molar-refractivity contribution in [2.24, 2.45) is 0 Å². The van der Waals surface area contributed by atoms with Gasteiger partial charge >= 0.3 is 0 Å². The van der Waals surface area contributed by atoms with E-state index in [1.165, 1.54) is 22.5 Å². The Bertz CT molecular complexity index is 969. The summed E-state index contributed by atoms with van der Waals surface area (Å²) in [5, 5.41) is 14.7. The van der Waals surface area contributed by atoms with E-state index in [1.807, 2.05) is 24.3 Å². The van der Waals surface area contributed by atoms with Crippen LogP contribution >= 0.6 is 0 Å². The van der Waals surface area contributed by atoms with Crippen LogP contribution in [0.15, 0.2) is 48.5 Å². The van der Waals surface area contributed by atoms with E-state index in [1.54, 1.807) is 12.1 Å². The number of benzene rings is 2. The lowest BCUT2D eigenvalue weighted by molar-refractivity contribution is -0.117. The molecule has 0 saturated carbocycles. The number of hydrogen-bond donors (Lipinski definition) is 1. The highest BCUT2D eigenvalue weighted by Crippen LogP contribution is 2.15. The number of nitrogens with one attached hydrogen (secondary N) is 1. The highest BCUT2D eigenvalue weighted by Gasteiger charge is 2.12. The molecule has 2 aromatic carbocycles. The summed E-state index contributed by atoms with van der Waals surface area (Å²) in [6.45, 7) is 4.18. The fourth-order valence-corrected chi connectivity index (χ4v) is 3.09. The summed E-state index contributed by atoms with van der Waals surface area (Å²) < 4.78 is 18.7. The molecular formula is C20H21FN6O2. The van der Waals surface area contributed by atoms with Crippen LogP contribution in [0.3, 0.4) is 0 Å². The second-order valence-corrected chi connectivity index (χ2v) is 6.79. The smallest absolute Gasteiger partial charge is 0.248 e. The molecule has 0 radical (unpaired) electrons. The Morgan fingerprint density at radius 2 is 1.93 bits per heavy atom. The molecule has 1 aromatic heterocycles. The van der Waals surface area contributed by atoms with E-state index in [0.717, 1.165) is 32.8 Å². The Balaban J connectivity index is 1.31. The molecule has 3 aromatic rings. The van der Waals surface area contributed by atoms with Crippen LogP contribution in [0.4, 0.5) is 10.1 Å². The van der Waals surface area contributed by atoms with Gasteiger partial charge in [-0.3, -0.25) is 9.69 Å². The molecule has 150 valence electrons. The number of amides is 1. The fourth-order valence-electron chi connectivity index (χ4n) is 3.09. The lowest BCUT2D eigenvalue weighted by Gasteiger charge is -2.26. The van der Waals surface area contributed by atoms with Gasteiger partial charge in [-0.05, 0) is 35.0 Å². The van der Waals surface area contributed by atoms with Crippen LogP contribution in [0.25, 0.3) is 11.4 Å². The number of carbonyl (C=O) groups excluding carboxylic acids is 1. The van der Waals surface area contributed by atoms with Crippen LogP contribution in [0.2, 0.25) is 0 Å². The summed E-state index contributed by atoms with van der Waals surface area (Å²) in [5.41, 5.74) is 2.39. The molecule has 0 bridgehead atoms. The minimum absolute atomic E-state index is 0.0855. The molecule has 1 aliphatic heterocycles. The number of tetrazole rings is 1. The van der Waals surface area contributed by atoms with Crippen molar-refractivity contribution in [2.45, 2.75) is 13.1 Å². The predicted molar refractivity (Wildman–Crippen MR) is 104 cm³/mol. The van der Waals surface area contributed by atoms with Crippen molar-refractivity contribution >= 4 is 11.6 Å². The first-order valence-corrected chi connectivity index (χ1v) is 9.38. The Labute approximate surface area is 167 Å². The number of hydrogen-bond acceptors (Lipinski definition) is 6. The Morgan fingerprint density at radius 1 is 1.14 bits per heavy atom. The molecule has 4 rings (SSSR count). The van der Waals surface area contributed by atoms with Crippen LogP contribution in [0.1, 0.15) is 5.56 Å². The van der Waals surface area contributed by atoms with Crippen LogP contribution < -0.4 is 5.32 Å². The molecule has 9 heteroatoms. The summed E-state index contributed by atoms with van der Waals surface area (Å²) in [6.07, 6.45) is 0. The second-order valence-electron chi connectivity index (χ2n) is 6.79. The standard InChI is InChI=1S/C20H21FN6O2/c21-17-3-1-2-16(12-17)20-23-25-27(24-20)14-19(28)22-18-6-4-15(5-7-18)13-26-8-10-29-11-9-26/h1-7,12H,8-11,13-14H2,(H,22,28). The molecule has 0 unspecified atom stereocenters. The zero-order chi connectivity index (χ0) is 20.1. The first kappa shape index (κ1) is 19.2. The van der Waals surface area contributed by atoms with Gasteiger partial charge in [0.05, 0.1) is 13.2 Å².